The molecule has 0 bridgehead atoms. The van der Waals surface area contributed by atoms with Crippen molar-refractivity contribution in [1.82, 2.24) is 5.32 Å². The van der Waals surface area contributed by atoms with Gasteiger partial charge in [0.25, 0.3) is 0 Å². The van der Waals surface area contributed by atoms with E-state index in [0.717, 1.165) is 11.1 Å². The Morgan fingerprint density at radius 3 is 1.97 bits per heavy atom. The predicted octanol–water partition coefficient (Wildman–Crippen LogP) is 5.36. The molecule has 36 heavy (non-hydrogen) atoms. The van der Waals surface area contributed by atoms with Gasteiger partial charge in [-0.3, -0.25) is 0 Å². The summed E-state index contributed by atoms with van der Waals surface area (Å²) in [5, 5.41) is 11.6. The Morgan fingerprint density at radius 2 is 1.42 bits per heavy atom. The lowest BCUT2D eigenvalue weighted by Gasteiger charge is -2.23. The summed E-state index contributed by atoms with van der Waals surface area (Å²) in [4.78, 5) is 36.2. The molecule has 0 aliphatic carbocycles. The van der Waals surface area contributed by atoms with Crippen LogP contribution >= 0.6 is 0 Å². The molecule has 3 rings (SSSR count). The number of amides is 1. The largest absolute Gasteiger partial charge is 0.478 e. The van der Waals surface area contributed by atoms with Crippen LogP contribution in [0.4, 0.5) is 4.79 Å². The molecular weight excluding hydrogens is 462 g/mol. The standard InChI is InChI=1S/C28H29NO7/c1-28(2,3)36-27(33)29-24(26(32)34-18-20-7-5-4-6-8-20)17-19-9-13-22(14-10-19)35-23-15-11-21(12-16-23)25(30)31/h4-16,24H,17-18H2,1-3H3,(H,29,33)(H,30,31)/t24-/m0/s1. The molecular formula is C28H29NO7. The summed E-state index contributed by atoms with van der Waals surface area (Å²) in [6.07, 6.45) is -0.533. The molecule has 0 aliphatic heterocycles. The van der Waals surface area contributed by atoms with Crippen LogP contribution in [-0.2, 0) is 27.3 Å². The zero-order valence-corrected chi connectivity index (χ0v) is 20.4. The van der Waals surface area contributed by atoms with Crippen molar-refractivity contribution in [2.45, 2.75) is 45.4 Å². The molecule has 0 heterocycles. The highest BCUT2D eigenvalue weighted by atomic mass is 16.6. The molecule has 1 atom stereocenters. The van der Waals surface area contributed by atoms with Gasteiger partial charge in [-0.2, -0.15) is 0 Å². The van der Waals surface area contributed by atoms with E-state index in [-0.39, 0.29) is 18.6 Å². The first kappa shape index (κ1) is 26.3. The molecule has 2 N–H and O–H groups in total. The Balaban J connectivity index is 1.66. The van der Waals surface area contributed by atoms with E-state index in [1.54, 1.807) is 57.2 Å². The minimum Gasteiger partial charge on any atom is -0.478 e. The van der Waals surface area contributed by atoms with Crippen LogP contribution in [0, 0.1) is 0 Å². The third kappa shape index (κ3) is 8.47. The number of carbonyl (C=O) groups excluding carboxylic acids is 2. The molecule has 0 saturated heterocycles. The second-order valence-electron chi connectivity index (χ2n) is 9.07. The number of hydrogen-bond donors (Lipinski definition) is 2. The normalized spacial score (nSPS) is 11.8. The van der Waals surface area contributed by atoms with Crippen LogP contribution in [0.5, 0.6) is 11.5 Å². The van der Waals surface area contributed by atoms with Gasteiger partial charge in [0, 0.05) is 6.42 Å². The van der Waals surface area contributed by atoms with Gasteiger partial charge in [0.1, 0.15) is 29.7 Å². The van der Waals surface area contributed by atoms with Crippen LogP contribution in [0.2, 0.25) is 0 Å². The van der Waals surface area contributed by atoms with E-state index in [0.29, 0.717) is 11.5 Å². The summed E-state index contributed by atoms with van der Waals surface area (Å²) in [7, 11) is 0. The number of alkyl carbamates (subject to hydrolysis) is 1. The number of aromatic carboxylic acids is 1. The van der Waals surface area contributed by atoms with Crippen LogP contribution < -0.4 is 10.1 Å². The summed E-state index contributed by atoms with van der Waals surface area (Å²) in [5.41, 5.74) is 1.05. The number of ether oxygens (including phenoxy) is 3. The molecule has 3 aromatic carbocycles. The predicted molar refractivity (Wildman–Crippen MR) is 133 cm³/mol. The maximum absolute atomic E-state index is 12.8. The maximum Gasteiger partial charge on any atom is 0.408 e. The van der Waals surface area contributed by atoms with Crippen molar-refractivity contribution >= 4 is 18.0 Å². The van der Waals surface area contributed by atoms with Crippen LogP contribution in [-0.4, -0.2) is 34.8 Å². The van der Waals surface area contributed by atoms with Gasteiger partial charge in [-0.1, -0.05) is 42.5 Å². The van der Waals surface area contributed by atoms with Crippen LogP contribution in [0.25, 0.3) is 0 Å². The van der Waals surface area contributed by atoms with Gasteiger partial charge in [-0.05, 0) is 68.3 Å². The van der Waals surface area contributed by atoms with Crippen LogP contribution in [0.3, 0.4) is 0 Å². The molecule has 0 aliphatic rings. The average molecular weight is 492 g/mol. The number of rotatable bonds is 9. The third-order valence-corrected chi connectivity index (χ3v) is 4.90. The molecule has 0 aromatic heterocycles. The molecule has 188 valence electrons. The molecule has 0 spiro atoms. The van der Waals surface area contributed by atoms with Gasteiger partial charge in [0.2, 0.25) is 0 Å². The fourth-order valence-electron chi connectivity index (χ4n) is 3.20. The first-order valence-corrected chi connectivity index (χ1v) is 11.4. The second kappa shape index (κ2) is 11.9. The average Bonchev–Trinajstić information content (AvgIpc) is 2.83. The second-order valence-corrected chi connectivity index (χ2v) is 9.07. The van der Waals surface area contributed by atoms with Crippen molar-refractivity contribution < 1.29 is 33.7 Å². The van der Waals surface area contributed by atoms with Gasteiger partial charge in [-0.15, -0.1) is 0 Å². The van der Waals surface area contributed by atoms with E-state index in [4.69, 9.17) is 19.3 Å². The minimum absolute atomic E-state index is 0.0830. The molecule has 0 radical (unpaired) electrons. The fourth-order valence-corrected chi connectivity index (χ4v) is 3.20. The van der Waals surface area contributed by atoms with Crippen molar-refractivity contribution in [3.8, 4) is 11.5 Å². The zero-order valence-electron chi connectivity index (χ0n) is 20.4. The monoisotopic (exact) mass is 491 g/mol. The molecule has 8 heteroatoms. The number of esters is 1. The van der Waals surface area contributed by atoms with Crippen molar-refractivity contribution in [3.63, 3.8) is 0 Å². The van der Waals surface area contributed by atoms with Crippen molar-refractivity contribution in [1.29, 1.82) is 0 Å². The molecule has 3 aromatic rings. The Morgan fingerprint density at radius 1 is 0.833 bits per heavy atom. The summed E-state index contributed by atoms with van der Waals surface area (Å²) in [6, 6.07) is 21.4. The van der Waals surface area contributed by atoms with E-state index in [1.807, 2.05) is 30.3 Å². The van der Waals surface area contributed by atoms with E-state index in [2.05, 4.69) is 5.32 Å². The Kier molecular flexibility index (Phi) is 8.67. The number of benzene rings is 3. The van der Waals surface area contributed by atoms with Crippen molar-refractivity contribution in [2.75, 3.05) is 0 Å². The zero-order chi connectivity index (χ0) is 26.1. The lowest BCUT2D eigenvalue weighted by molar-refractivity contribution is -0.147. The van der Waals surface area contributed by atoms with Gasteiger partial charge < -0.3 is 24.6 Å². The minimum atomic E-state index is -1.01. The van der Waals surface area contributed by atoms with Gasteiger partial charge in [0.05, 0.1) is 5.56 Å². The maximum atomic E-state index is 12.8. The highest BCUT2D eigenvalue weighted by molar-refractivity contribution is 5.87. The number of carboxylic acids is 1. The van der Waals surface area contributed by atoms with Crippen molar-refractivity contribution in [2.24, 2.45) is 0 Å². The smallest absolute Gasteiger partial charge is 0.408 e. The summed E-state index contributed by atoms with van der Waals surface area (Å²) >= 11 is 0. The first-order chi connectivity index (χ1) is 17.1. The molecule has 0 fully saturated rings. The number of hydrogen-bond acceptors (Lipinski definition) is 6. The van der Waals surface area contributed by atoms with Crippen LogP contribution in [0.15, 0.2) is 78.9 Å². The highest BCUT2D eigenvalue weighted by Gasteiger charge is 2.26. The van der Waals surface area contributed by atoms with E-state index < -0.39 is 29.7 Å². The lowest BCUT2D eigenvalue weighted by Crippen LogP contribution is -2.45. The summed E-state index contributed by atoms with van der Waals surface area (Å²) in [6.45, 7) is 5.30. The van der Waals surface area contributed by atoms with Crippen LogP contribution in [0.1, 0.15) is 42.3 Å². The SMILES string of the molecule is CC(C)(C)OC(=O)N[C@@H](Cc1ccc(Oc2ccc(C(=O)O)cc2)cc1)C(=O)OCc1ccccc1. The Hall–Kier alpha value is -4.33. The van der Waals surface area contributed by atoms with Gasteiger partial charge >= 0.3 is 18.0 Å². The summed E-state index contributed by atoms with van der Waals surface area (Å²) < 4.78 is 16.5. The van der Waals surface area contributed by atoms with E-state index >= 15 is 0 Å². The van der Waals surface area contributed by atoms with E-state index in [1.165, 1.54) is 12.1 Å². The highest BCUT2D eigenvalue weighted by Crippen LogP contribution is 2.23. The van der Waals surface area contributed by atoms with Gasteiger partial charge in [0.15, 0.2) is 0 Å². The Bertz CT molecular complexity index is 1170. The van der Waals surface area contributed by atoms with Crippen molar-refractivity contribution in [3.05, 3.63) is 95.6 Å². The van der Waals surface area contributed by atoms with Gasteiger partial charge in [-0.25, -0.2) is 14.4 Å². The lowest BCUT2D eigenvalue weighted by atomic mass is 10.1. The molecule has 1 amide bonds. The first-order valence-electron chi connectivity index (χ1n) is 11.4. The Labute approximate surface area is 209 Å². The summed E-state index contributed by atoms with van der Waals surface area (Å²) in [5.74, 6) is -0.571. The number of nitrogens with one attached hydrogen (secondary N) is 1. The quantitative estimate of drug-likeness (QED) is 0.388. The fraction of sp³-hybridized carbons (Fsp3) is 0.250. The third-order valence-electron chi connectivity index (χ3n) is 4.90. The van der Waals surface area contributed by atoms with E-state index in [9.17, 15) is 14.4 Å². The number of carboxylic acid groups (broad SMARTS) is 1. The molecule has 0 saturated carbocycles. The number of carbonyl (C=O) groups is 3. The molecule has 0 unspecified atom stereocenters. The topological polar surface area (TPSA) is 111 Å². The molecule has 8 nitrogen and oxygen atoms in total.